The fraction of sp³-hybridized carbons (Fsp3) is 0.579. The summed E-state index contributed by atoms with van der Waals surface area (Å²) < 4.78 is 10.0. The molecule has 0 heterocycles. The molecule has 0 unspecified atom stereocenters. The second kappa shape index (κ2) is 8.51. The van der Waals surface area contributed by atoms with Gasteiger partial charge in [0, 0.05) is 0 Å². The van der Waals surface area contributed by atoms with Gasteiger partial charge in [-0.1, -0.05) is 69.4 Å². The first-order valence-electron chi connectivity index (χ1n) is 8.62. The number of rotatable bonds is 6. The quantitative estimate of drug-likeness (QED) is 0.620. The van der Waals surface area contributed by atoms with Crippen LogP contribution in [0.3, 0.4) is 0 Å². The zero-order chi connectivity index (χ0) is 19.3. The summed E-state index contributed by atoms with van der Waals surface area (Å²) in [5.74, 6) is -0.440. The first-order chi connectivity index (χ1) is 11.6. The molecule has 1 rings (SSSR count). The molecule has 1 aromatic rings. The fourth-order valence-corrected chi connectivity index (χ4v) is 8.38. The average Bonchev–Trinajstić information content (AvgIpc) is 2.53. The van der Waals surface area contributed by atoms with Crippen LogP contribution in [0.5, 0.6) is 0 Å². The van der Waals surface area contributed by atoms with Gasteiger partial charge >= 0.3 is 12.1 Å². The molecule has 0 spiro atoms. The van der Waals surface area contributed by atoms with Crippen LogP contribution in [0.4, 0.5) is 4.79 Å². The van der Waals surface area contributed by atoms with E-state index in [4.69, 9.17) is 9.47 Å². The van der Waals surface area contributed by atoms with Crippen molar-refractivity contribution >= 4 is 25.3 Å². The number of esters is 1. The molecule has 2 atom stereocenters. The standard InChI is InChI=1S/C19H31NO4Si/c1-8-24-18(22)20-15(17(21)23-5)16(19(2,3)4)25(6,7)14-12-10-9-11-13-14/h9-13,15-16H,8H2,1-7H3,(H,20,22)/t15-,16+/m1/s1. The normalized spacial score (nSPS) is 14.4. The van der Waals surface area contributed by atoms with E-state index in [-0.39, 0.29) is 17.6 Å². The minimum Gasteiger partial charge on any atom is -0.467 e. The number of hydrogen-bond donors (Lipinski definition) is 1. The first-order valence-corrected chi connectivity index (χ1v) is 11.7. The van der Waals surface area contributed by atoms with Crippen molar-refractivity contribution in [2.45, 2.75) is 52.4 Å². The third-order valence-corrected chi connectivity index (χ3v) is 9.14. The molecule has 0 saturated heterocycles. The first kappa shape index (κ1) is 21.2. The highest BCUT2D eigenvalue weighted by molar-refractivity contribution is 6.91. The molecule has 5 nitrogen and oxygen atoms in total. The van der Waals surface area contributed by atoms with Crippen molar-refractivity contribution in [2.75, 3.05) is 13.7 Å². The molecule has 0 aliphatic heterocycles. The molecule has 0 bridgehead atoms. The molecule has 140 valence electrons. The Morgan fingerprint density at radius 2 is 1.72 bits per heavy atom. The molecule has 6 heteroatoms. The minimum absolute atomic E-state index is 0.0840. The molecule has 0 aliphatic carbocycles. The van der Waals surface area contributed by atoms with E-state index in [1.54, 1.807) is 6.92 Å². The van der Waals surface area contributed by atoms with Crippen molar-refractivity contribution in [3.63, 3.8) is 0 Å². The summed E-state index contributed by atoms with van der Waals surface area (Å²) in [6, 6.07) is 9.44. The van der Waals surface area contributed by atoms with Crippen molar-refractivity contribution in [3.8, 4) is 0 Å². The molecular weight excluding hydrogens is 334 g/mol. The third-order valence-electron chi connectivity index (χ3n) is 4.57. The van der Waals surface area contributed by atoms with Crippen molar-refractivity contribution in [3.05, 3.63) is 30.3 Å². The van der Waals surface area contributed by atoms with Gasteiger partial charge in [-0.25, -0.2) is 9.59 Å². The Morgan fingerprint density at radius 3 is 2.16 bits per heavy atom. The van der Waals surface area contributed by atoms with Crippen LogP contribution >= 0.6 is 0 Å². The van der Waals surface area contributed by atoms with Crippen molar-refractivity contribution in [1.82, 2.24) is 5.32 Å². The van der Waals surface area contributed by atoms with E-state index >= 15 is 0 Å². The van der Waals surface area contributed by atoms with E-state index in [1.807, 2.05) is 18.2 Å². The van der Waals surface area contributed by atoms with Crippen LogP contribution in [-0.2, 0) is 14.3 Å². The number of alkyl carbamates (subject to hydrolysis) is 1. The van der Waals surface area contributed by atoms with Crippen LogP contribution < -0.4 is 10.5 Å². The fourth-order valence-electron chi connectivity index (χ4n) is 3.75. The molecule has 0 fully saturated rings. The van der Waals surface area contributed by atoms with E-state index < -0.39 is 26.2 Å². The Bertz CT molecular complexity index is 581. The SMILES string of the molecule is CCOC(=O)N[C@@H](C(=O)OC)[C@@H](C(C)(C)C)[Si](C)(C)c1ccccc1. The highest BCUT2D eigenvalue weighted by atomic mass is 28.3. The highest BCUT2D eigenvalue weighted by Crippen LogP contribution is 2.42. The number of benzene rings is 1. The summed E-state index contributed by atoms with van der Waals surface area (Å²) >= 11 is 0. The largest absolute Gasteiger partial charge is 0.467 e. The number of carbonyl (C=O) groups is 2. The van der Waals surface area contributed by atoms with Gasteiger partial charge in [-0.05, 0) is 17.9 Å². The van der Waals surface area contributed by atoms with Crippen molar-refractivity contribution < 1.29 is 19.1 Å². The maximum absolute atomic E-state index is 12.5. The smallest absolute Gasteiger partial charge is 0.407 e. The van der Waals surface area contributed by atoms with Crippen LogP contribution in [0.25, 0.3) is 0 Å². The van der Waals surface area contributed by atoms with E-state index in [0.717, 1.165) is 0 Å². The van der Waals surface area contributed by atoms with Crippen LogP contribution in [0.15, 0.2) is 30.3 Å². The lowest BCUT2D eigenvalue weighted by Gasteiger charge is -2.45. The molecule has 1 amide bonds. The van der Waals surface area contributed by atoms with Gasteiger partial charge in [-0.2, -0.15) is 0 Å². The number of ether oxygens (including phenoxy) is 2. The van der Waals surface area contributed by atoms with Gasteiger partial charge in [0.1, 0.15) is 6.04 Å². The lowest BCUT2D eigenvalue weighted by Crippen LogP contribution is -2.60. The summed E-state index contributed by atoms with van der Waals surface area (Å²) in [4.78, 5) is 24.6. The Balaban J connectivity index is 3.38. The van der Waals surface area contributed by atoms with Gasteiger partial charge in [0.05, 0.1) is 21.8 Å². The highest BCUT2D eigenvalue weighted by Gasteiger charge is 2.49. The van der Waals surface area contributed by atoms with Crippen LogP contribution in [0.2, 0.25) is 18.6 Å². The van der Waals surface area contributed by atoms with E-state index in [9.17, 15) is 9.59 Å². The number of hydrogen-bond acceptors (Lipinski definition) is 4. The number of carbonyl (C=O) groups excluding carboxylic acids is 2. The van der Waals surface area contributed by atoms with E-state index in [0.29, 0.717) is 0 Å². The number of nitrogens with one attached hydrogen (secondary N) is 1. The van der Waals surface area contributed by atoms with Gasteiger partial charge < -0.3 is 14.8 Å². The summed E-state index contributed by atoms with van der Waals surface area (Å²) in [6.45, 7) is 12.7. The van der Waals surface area contributed by atoms with E-state index in [1.165, 1.54) is 12.3 Å². The Labute approximate surface area is 152 Å². The lowest BCUT2D eigenvalue weighted by atomic mass is 9.87. The predicted molar refractivity (Wildman–Crippen MR) is 103 cm³/mol. The molecule has 1 aromatic carbocycles. The van der Waals surface area contributed by atoms with Crippen LogP contribution in [0.1, 0.15) is 27.7 Å². The molecule has 0 aromatic heterocycles. The Kier molecular flexibility index (Phi) is 7.23. The monoisotopic (exact) mass is 365 g/mol. The Morgan fingerprint density at radius 1 is 1.16 bits per heavy atom. The summed E-state index contributed by atoms with van der Waals surface area (Å²) in [5, 5.41) is 3.98. The summed E-state index contributed by atoms with van der Waals surface area (Å²) in [6.07, 6.45) is -0.593. The predicted octanol–water partition coefficient (Wildman–Crippen LogP) is 3.31. The van der Waals surface area contributed by atoms with Gasteiger partial charge in [0.25, 0.3) is 0 Å². The van der Waals surface area contributed by atoms with Crippen molar-refractivity contribution in [1.29, 1.82) is 0 Å². The zero-order valence-corrected chi connectivity index (χ0v) is 17.4. The zero-order valence-electron chi connectivity index (χ0n) is 16.4. The second-order valence-corrected chi connectivity index (χ2v) is 12.4. The number of amides is 1. The molecule has 0 aliphatic rings. The van der Waals surface area contributed by atoms with Crippen LogP contribution in [-0.4, -0.2) is 39.9 Å². The molecule has 0 radical (unpaired) electrons. The van der Waals surface area contributed by atoms with E-state index in [2.05, 4.69) is 51.3 Å². The topological polar surface area (TPSA) is 64.6 Å². The number of methoxy groups -OCH3 is 1. The third kappa shape index (κ3) is 5.32. The average molecular weight is 366 g/mol. The summed E-state index contributed by atoms with van der Waals surface area (Å²) in [5.41, 5.74) is -0.302. The van der Waals surface area contributed by atoms with Crippen molar-refractivity contribution in [2.24, 2.45) is 5.41 Å². The minimum atomic E-state index is -2.15. The van der Waals surface area contributed by atoms with Gasteiger partial charge in [0.2, 0.25) is 0 Å². The van der Waals surface area contributed by atoms with Gasteiger partial charge in [0.15, 0.2) is 0 Å². The molecule has 25 heavy (non-hydrogen) atoms. The second-order valence-electron chi connectivity index (χ2n) is 7.80. The molecular formula is C19H31NO4Si. The Hall–Kier alpha value is -1.82. The molecule has 1 N–H and O–H groups in total. The maximum Gasteiger partial charge on any atom is 0.407 e. The maximum atomic E-state index is 12.5. The van der Waals surface area contributed by atoms with Crippen LogP contribution in [0, 0.1) is 5.41 Å². The lowest BCUT2D eigenvalue weighted by molar-refractivity contribution is -0.143. The molecule has 0 saturated carbocycles. The summed E-state index contributed by atoms with van der Waals surface area (Å²) in [7, 11) is -0.801. The van der Waals surface area contributed by atoms with Gasteiger partial charge in [-0.15, -0.1) is 0 Å². The van der Waals surface area contributed by atoms with Gasteiger partial charge in [-0.3, -0.25) is 0 Å².